The van der Waals surface area contributed by atoms with Crippen LogP contribution in [0.5, 0.6) is 0 Å². The van der Waals surface area contributed by atoms with E-state index in [0.717, 1.165) is 0 Å². The molecule has 0 amide bonds. The maximum Gasteiger partial charge on any atom is 0.330 e. The molecule has 0 radical (unpaired) electrons. The van der Waals surface area contributed by atoms with Crippen LogP contribution in [0.15, 0.2) is 0 Å². The van der Waals surface area contributed by atoms with Crippen LogP contribution in [0, 0.1) is 0 Å². The van der Waals surface area contributed by atoms with Gasteiger partial charge in [0.1, 0.15) is 13.2 Å². The van der Waals surface area contributed by atoms with Crippen LogP contribution in [0.25, 0.3) is 0 Å². The fraction of sp³-hybridized carbons (Fsp3) is 1.00. The average Bonchev–Trinajstić information content (AvgIpc) is 2.42. The standard InChI is InChI=1S/C9H12Cl2F8O4P2/c1-24(20,22-3-7(16,17)5(12)13)9(10,11)25(2,21)23-4-8(18,19)6(14)15/h5-6H,3-4H2,1-2H3. The van der Waals surface area contributed by atoms with Gasteiger partial charge < -0.3 is 9.05 Å². The lowest BCUT2D eigenvalue weighted by Crippen LogP contribution is -2.34. The molecule has 0 aromatic rings. The van der Waals surface area contributed by atoms with Crippen molar-refractivity contribution in [1.82, 2.24) is 0 Å². The van der Waals surface area contributed by atoms with Gasteiger partial charge in [0, 0.05) is 13.3 Å². The molecule has 0 rings (SSSR count). The average molecular weight is 469 g/mol. The van der Waals surface area contributed by atoms with Gasteiger partial charge in [-0.3, -0.25) is 9.13 Å². The van der Waals surface area contributed by atoms with Crippen LogP contribution in [-0.4, -0.2) is 55.1 Å². The van der Waals surface area contributed by atoms with E-state index >= 15 is 0 Å². The van der Waals surface area contributed by atoms with E-state index in [2.05, 4.69) is 9.05 Å². The molecule has 0 N–H and O–H groups in total. The van der Waals surface area contributed by atoms with Gasteiger partial charge in [-0.2, -0.15) is 17.6 Å². The zero-order valence-electron chi connectivity index (χ0n) is 12.4. The maximum atomic E-state index is 12.8. The number of halogens is 10. The third-order valence-electron chi connectivity index (χ3n) is 2.62. The molecular weight excluding hydrogens is 457 g/mol. The van der Waals surface area contributed by atoms with Crippen molar-refractivity contribution < 1.29 is 53.3 Å². The summed E-state index contributed by atoms with van der Waals surface area (Å²) >= 11 is 10.9. The van der Waals surface area contributed by atoms with Gasteiger partial charge in [0.05, 0.1) is 0 Å². The summed E-state index contributed by atoms with van der Waals surface area (Å²) in [5, 5.41) is 0. The molecule has 0 aromatic carbocycles. The van der Waals surface area contributed by atoms with Crippen molar-refractivity contribution in [2.45, 2.75) is 28.5 Å². The largest absolute Gasteiger partial charge is 0.330 e. The Bertz CT molecular complexity index is 514. The van der Waals surface area contributed by atoms with E-state index in [4.69, 9.17) is 23.2 Å². The third-order valence-corrected chi connectivity index (χ3v) is 11.7. The summed E-state index contributed by atoms with van der Waals surface area (Å²) in [5.41, 5.74) is 0. The van der Waals surface area contributed by atoms with E-state index in [0.29, 0.717) is 13.3 Å². The molecule has 0 aliphatic rings. The van der Waals surface area contributed by atoms with Gasteiger partial charge >= 0.3 is 24.7 Å². The van der Waals surface area contributed by atoms with Gasteiger partial charge in [0.2, 0.25) is 14.7 Å². The fourth-order valence-electron chi connectivity index (χ4n) is 1.03. The molecule has 0 bridgehead atoms. The van der Waals surface area contributed by atoms with Crippen LogP contribution in [0.2, 0.25) is 0 Å². The van der Waals surface area contributed by atoms with Gasteiger partial charge in [-0.05, 0) is 0 Å². The van der Waals surface area contributed by atoms with E-state index in [9.17, 15) is 44.3 Å². The van der Waals surface area contributed by atoms with Crippen molar-refractivity contribution in [2.75, 3.05) is 26.5 Å². The lowest BCUT2D eigenvalue weighted by Gasteiger charge is -2.33. The molecule has 2 atom stereocenters. The monoisotopic (exact) mass is 468 g/mol. The van der Waals surface area contributed by atoms with Gasteiger partial charge in [-0.1, -0.05) is 23.2 Å². The van der Waals surface area contributed by atoms with E-state index in [1.165, 1.54) is 0 Å². The predicted molar refractivity (Wildman–Crippen MR) is 75.3 cm³/mol. The third kappa shape index (κ3) is 6.21. The van der Waals surface area contributed by atoms with Crippen LogP contribution in [0.4, 0.5) is 35.1 Å². The molecule has 0 heterocycles. The van der Waals surface area contributed by atoms with Crippen molar-refractivity contribution in [3.8, 4) is 0 Å². The summed E-state index contributed by atoms with van der Waals surface area (Å²) in [6, 6.07) is 0. The first kappa shape index (κ1) is 25.4. The Hall–Kier alpha value is 0.400. The molecule has 0 aliphatic heterocycles. The van der Waals surface area contributed by atoms with Gasteiger partial charge in [0.15, 0.2) is 0 Å². The molecule has 152 valence electrons. The molecule has 0 spiro atoms. The second-order valence-corrected chi connectivity index (χ2v) is 12.8. The zero-order valence-corrected chi connectivity index (χ0v) is 15.7. The quantitative estimate of drug-likeness (QED) is 0.233. The first-order valence-corrected chi connectivity index (χ1v) is 10.8. The second-order valence-electron chi connectivity index (χ2n) is 4.87. The van der Waals surface area contributed by atoms with Crippen LogP contribution in [-0.2, 0) is 18.2 Å². The Labute approximate surface area is 147 Å². The van der Waals surface area contributed by atoms with Crippen LogP contribution in [0.1, 0.15) is 0 Å². The zero-order chi connectivity index (χ0) is 20.5. The van der Waals surface area contributed by atoms with Gasteiger partial charge in [-0.15, -0.1) is 0 Å². The highest BCUT2D eigenvalue weighted by molar-refractivity contribution is 7.83. The SMILES string of the molecule is CP(=O)(OCC(F)(F)C(F)F)C(Cl)(Cl)P(C)(=O)OCC(F)(F)C(F)F. The topological polar surface area (TPSA) is 52.6 Å². The molecule has 0 aromatic heterocycles. The second kappa shape index (κ2) is 8.19. The number of alkyl halides is 10. The van der Waals surface area contributed by atoms with Crippen molar-refractivity contribution in [1.29, 1.82) is 0 Å². The van der Waals surface area contributed by atoms with Crippen molar-refractivity contribution in [2.24, 2.45) is 0 Å². The van der Waals surface area contributed by atoms with Crippen LogP contribution >= 0.6 is 37.9 Å². The van der Waals surface area contributed by atoms with Crippen molar-refractivity contribution in [3.05, 3.63) is 0 Å². The minimum Gasteiger partial charge on any atom is -0.320 e. The summed E-state index contributed by atoms with van der Waals surface area (Å²) in [6.07, 6.45) is -8.41. The van der Waals surface area contributed by atoms with Crippen molar-refractivity contribution >= 4 is 37.9 Å². The Kier molecular flexibility index (Phi) is 8.32. The maximum absolute atomic E-state index is 12.8. The van der Waals surface area contributed by atoms with Gasteiger partial charge in [-0.25, -0.2) is 17.6 Å². The van der Waals surface area contributed by atoms with Gasteiger partial charge in [0.25, 0.3) is 3.82 Å². The molecular formula is C9H12Cl2F8O4P2. The predicted octanol–water partition coefficient (Wildman–Crippen LogP) is 5.73. The first-order valence-electron chi connectivity index (χ1n) is 5.94. The summed E-state index contributed by atoms with van der Waals surface area (Å²) in [4.78, 5) is 0. The molecule has 25 heavy (non-hydrogen) atoms. The first-order chi connectivity index (χ1) is 10.8. The summed E-state index contributed by atoms with van der Waals surface area (Å²) in [6.45, 7) is -3.46. The number of hydrogen-bond donors (Lipinski definition) is 0. The Morgan fingerprint density at radius 3 is 1.24 bits per heavy atom. The summed E-state index contributed by atoms with van der Waals surface area (Å²) in [5.74, 6) is -9.53. The smallest absolute Gasteiger partial charge is 0.320 e. The number of hydrogen-bond acceptors (Lipinski definition) is 4. The highest BCUT2D eigenvalue weighted by Gasteiger charge is 2.58. The van der Waals surface area contributed by atoms with E-state index in [1.807, 2.05) is 0 Å². The fourth-order valence-corrected chi connectivity index (χ4v) is 5.75. The van der Waals surface area contributed by atoms with E-state index in [-0.39, 0.29) is 0 Å². The minimum absolute atomic E-state index is 0.416. The molecule has 16 heteroatoms. The Morgan fingerprint density at radius 1 is 0.800 bits per heavy atom. The van der Waals surface area contributed by atoms with Crippen molar-refractivity contribution in [3.63, 3.8) is 0 Å². The molecule has 4 nitrogen and oxygen atoms in total. The normalized spacial score (nSPS) is 19.1. The molecule has 0 aliphatic carbocycles. The number of rotatable bonds is 10. The van der Waals surface area contributed by atoms with Crippen LogP contribution < -0.4 is 0 Å². The Balaban J connectivity index is 5.29. The molecule has 0 fully saturated rings. The van der Waals surface area contributed by atoms with E-state index < -0.39 is 56.5 Å². The summed E-state index contributed by atoms with van der Waals surface area (Å²) in [7, 11) is -9.72. The van der Waals surface area contributed by atoms with E-state index in [1.54, 1.807) is 0 Å². The molecule has 0 saturated carbocycles. The lowest BCUT2D eigenvalue weighted by molar-refractivity contribution is -0.148. The molecule has 2 unspecified atom stereocenters. The lowest BCUT2D eigenvalue weighted by atomic mass is 10.4. The minimum atomic E-state index is -4.86. The highest BCUT2D eigenvalue weighted by atomic mass is 35.5. The highest BCUT2D eigenvalue weighted by Crippen LogP contribution is 2.78. The molecule has 0 saturated heterocycles. The van der Waals surface area contributed by atoms with Crippen LogP contribution in [0.3, 0.4) is 0 Å². The Morgan fingerprint density at radius 2 is 1.04 bits per heavy atom. The summed E-state index contributed by atoms with van der Waals surface area (Å²) < 4.78 is 128.